The Balaban J connectivity index is 2.62. The molecule has 0 saturated carbocycles. The Bertz CT molecular complexity index is 333. The van der Waals surface area contributed by atoms with Gasteiger partial charge in [-0.25, -0.2) is 4.98 Å². The molecule has 4 heteroatoms. The van der Waals surface area contributed by atoms with E-state index < -0.39 is 0 Å². The molecule has 0 amide bonds. The van der Waals surface area contributed by atoms with Crippen molar-refractivity contribution < 1.29 is 0 Å². The lowest BCUT2D eigenvalue weighted by atomic mass is 10.0. The summed E-state index contributed by atoms with van der Waals surface area (Å²) < 4.78 is 2.08. The molecule has 0 aliphatic carbocycles. The molecule has 1 N–H and O–H groups in total. The molecule has 18 heavy (non-hydrogen) atoms. The van der Waals surface area contributed by atoms with Crippen LogP contribution in [0.25, 0.3) is 0 Å². The summed E-state index contributed by atoms with van der Waals surface area (Å²) in [7, 11) is 6.30. The first-order valence-electron chi connectivity index (χ1n) is 6.78. The predicted molar refractivity (Wildman–Crippen MR) is 76.6 cm³/mol. The summed E-state index contributed by atoms with van der Waals surface area (Å²) in [4.78, 5) is 6.66. The maximum atomic E-state index is 4.41. The van der Waals surface area contributed by atoms with E-state index in [2.05, 4.69) is 54.6 Å². The first-order chi connectivity index (χ1) is 8.40. The van der Waals surface area contributed by atoms with Gasteiger partial charge in [-0.2, -0.15) is 0 Å². The minimum Gasteiger partial charge on any atom is -0.337 e. The molecule has 4 nitrogen and oxygen atoms in total. The van der Waals surface area contributed by atoms with Crippen LogP contribution in [0.15, 0.2) is 12.4 Å². The van der Waals surface area contributed by atoms with Gasteiger partial charge in [0.25, 0.3) is 0 Å². The van der Waals surface area contributed by atoms with Gasteiger partial charge in [0.2, 0.25) is 0 Å². The van der Waals surface area contributed by atoms with Crippen molar-refractivity contribution in [2.45, 2.75) is 39.3 Å². The average Bonchev–Trinajstić information content (AvgIpc) is 2.61. The van der Waals surface area contributed by atoms with E-state index in [1.807, 2.05) is 19.4 Å². The van der Waals surface area contributed by atoms with Crippen LogP contribution in [0.2, 0.25) is 0 Å². The summed E-state index contributed by atoms with van der Waals surface area (Å²) in [5, 5.41) is 3.70. The Morgan fingerprint density at radius 3 is 2.44 bits per heavy atom. The van der Waals surface area contributed by atoms with Crippen LogP contribution in [0.4, 0.5) is 0 Å². The number of nitrogens with one attached hydrogen (secondary N) is 1. The van der Waals surface area contributed by atoms with Crippen molar-refractivity contribution in [3.63, 3.8) is 0 Å². The number of hydrogen-bond acceptors (Lipinski definition) is 3. The van der Waals surface area contributed by atoms with Gasteiger partial charge in [0.15, 0.2) is 0 Å². The number of imidazole rings is 1. The second-order valence-corrected chi connectivity index (χ2v) is 5.87. The number of likely N-dealkylation sites (N-methyl/N-ethyl adjacent to an activating group) is 1. The molecule has 0 saturated heterocycles. The van der Waals surface area contributed by atoms with Crippen LogP contribution in [0.5, 0.6) is 0 Å². The molecule has 2 unspecified atom stereocenters. The van der Waals surface area contributed by atoms with Crippen LogP contribution in [0.1, 0.15) is 39.1 Å². The molecule has 1 heterocycles. The molecule has 0 aliphatic rings. The van der Waals surface area contributed by atoms with Crippen molar-refractivity contribution in [3.8, 4) is 0 Å². The van der Waals surface area contributed by atoms with Gasteiger partial charge in [0.1, 0.15) is 5.82 Å². The highest BCUT2D eigenvalue weighted by Gasteiger charge is 2.17. The maximum Gasteiger partial charge on any atom is 0.125 e. The highest BCUT2D eigenvalue weighted by Crippen LogP contribution is 2.13. The number of rotatable bonds is 7. The standard InChI is InChI=1S/C14H28N4/c1-11(2)9-13(10-17(4)5)16-12(3)14-15-7-8-18(14)6/h7-8,11-13,16H,9-10H2,1-6H3. The molecular formula is C14H28N4. The lowest BCUT2D eigenvalue weighted by Crippen LogP contribution is -2.41. The van der Waals surface area contributed by atoms with E-state index in [0.717, 1.165) is 12.4 Å². The second kappa shape index (κ2) is 6.90. The minimum absolute atomic E-state index is 0.286. The summed E-state index contributed by atoms with van der Waals surface area (Å²) in [5.41, 5.74) is 0. The molecule has 0 radical (unpaired) electrons. The Hall–Kier alpha value is -0.870. The summed E-state index contributed by atoms with van der Waals surface area (Å²) in [6, 6.07) is 0.792. The first kappa shape index (κ1) is 15.2. The van der Waals surface area contributed by atoms with Gasteiger partial charge in [-0.3, -0.25) is 0 Å². The predicted octanol–water partition coefficient (Wildman–Crippen LogP) is 2.05. The first-order valence-corrected chi connectivity index (χ1v) is 6.78. The SMILES string of the molecule is CC(C)CC(CN(C)C)NC(C)c1nccn1C. The van der Waals surface area contributed by atoms with Crippen molar-refractivity contribution >= 4 is 0 Å². The number of aromatic nitrogens is 2. The van der Waals surface area contributed by atoms with E-state index in [1.54, 1.807) is 0 Å². The van der Waals surface area contributed by atoms with Crippen LogP contribution < -0.4 is 5.32 Å². The molecule has 104 valence electrons. The zero-order valence-electron chi connectivity index (χ0n) is 12.6. The van der Waals surface area contributed by atoms with E-state index in [1.165, 1.54) is 6.42 Å². The average molecular weight is 252 g/mol. The van der Waals surface area contributed by atoms with Gasteiger partial charge in [-0.05, 0) is 33.4 Å². The molecule has 0 spiro atoms. The van der Waals surface area contributed by atoms with E-state index in [-0.39, 0.29) is 6.04 Å². The summed E-state index contributed by atoms with van der Waals surface area (Å²) in [6.45, 7) is 7.80. The van der Waals surface area contributed by atoms with Gasteiger partial charge >= 0.3 is 0 Å². The van der Waals surface area contributed by atoms with Crippen molar-refractivity contribution in [2.24, 2.45) is 13.0 Å². The van der Waals surface area contributed by atoms with Gasteiger partial charge < -0.3 is 14.8 Å². The third-order valence-electron chi connectivity index (χ3n) is 3.07. The normalized spacial score (nSPS) is 15.3. The summed E-state index contributed by atoms with van der Waals surface area (Å²) in [5.74, 6) is 1.80. The highest BCUT2D eigenvalue weighted by atomic mass is 15.1. The number of aryl methyl sites for hydroxylation is 1. The molecular weight excluding hydrogens is 224 g/mol. The van der Waals surface area contributed by atoms with Crippen molar-refractivity contribution in [1.29, 1.82) is 0 Å². The Morgan fingerprint density at radius 1 is 1.33 bits per heavy atom. The number of nitrogens with zero attached hydrogens (tertiary/aromatic N) is 3. The lowest BCUT2D eigenvalue weighted by Gasteiger charge is -2.27. The number of hydrogen-bond donors (Lipinski definition) is 1. The van der Waals surface area contributed by atoms with E-state index >= 15 is 0 Å². The van der Waals surface area contributed by atoms with E-state index in [9.17, 15) is 0 Å². The lowest BCUT2D eigenvalue weighted by molar-refractivity contribution is 0.287. The monoisotopic (exact) mass is 252 g/mol. The third kappa shape index (κ3) is 4.78. The minimum atomic E-state index is 0.286. The van der Waals surface area contributed by atoms with Crippen molar-refractivity contribution in [3.05, 3.63) is 18.2 Å². The van der Waals surface area contributed by atoms with E-state index in [0.29, 0.717) is 12.0 Å². The Labute approximate surface area is 111 Å². The van der Waals surface area contributed by atoms with Gasteiger partial charge in [-0.1, -0.05) is 13.8 Å². The molecule has 0 aliphatic heterocycles. The molecule has 0 fully saturated rings. The zero-order valence-corrected chi connectivity index (χ0v) is 12.6. The largest absolute Gasteiger partial charge is 0.337 e. The van der Waals surface area contributed by atoms with Gasteiger partial charge in [-0.15, -0.1) is 0 Å². The molecule has 1 aromatic rings. The molecule has 2 atom stereocenters. The van der Waals surface area contributed by atoms with Crippen LogP contribution in [0, 0.1) is 5.92 Å². The van der Waals surface area contributed by atoms with Gasteiger partial charge in [0.05, 0.1) is 6.04 Å². The third-order valence-corrected chi connectivity index (χ3v) is 3.07. The topological polar surface area (TPSA) is 33.1 Å². The Kier molecular flexibility index (Phi) is 5.82. The summed E-state index contributed by atoms with van der Waals surface area (Å²) in [6.07, 6.45) is 5.04. The quantitative estimate of drug-likeness (QED) is 0.806. The van der Waals surface area contributed by atoms with E-state index in [4.69, 9.17) is 0 Å². The molecule has 1 rings (SSSR count). The van der Waals surface area contributed by atoms with Crippen LogP contribution >= 0.6 is 0 Å². The van der Waals surface area contributed by atoms with Crippen LogP contribution in [-0.2, 0) is 7.05 Å². The Morgan fingerprint density at radius 2 is 2.00 bits per heavy atom. The van der Waals surface area contributed by atoms with Crippen LogP contribution in [0.3, 0.4) is 0 Å². The zero-order chi connectivity index (χ0) is 13.7. The molecule has 0 aromatic carbocycles. The summed E-state index contributed by atoms with van der Waals surface area (Å²) >= 11 is 0. The smallest absolute Gasteiger partial charge is 0.125 e. The fourth-order valence-corrected chi connectivity index (χ4v) is 2.43. The second-order valence-electron chi connectivity index (χ2n) is 5.87. The fourth-order valence-electron chi connectivity index (χ4n) is 2.43. The molecule has 1 aromatic heterocycles. The highest BCUT2D eigenvalue weighted by molar-refractivity contribution is 4.98. The fraction of sp³-hybridized carbons (Fsp3) is 0.786. The van der Waals surface area contributed by atoms with Crippen molar-refractivity contribution in [1.82, 2.24) is 19.8 Å². The van der Waals surface area contributed by atoms with Crippen LogP contribution in [-0.4, -0.2) is 41.1 Å². The molecule has 0 bridgehead atoms. The van der Waals surface area contributed by atoms with Gasteiger partial charge in [0, 0.05) is 32.0 Å². The van der Waals surface area contributed by atoms with Crippen molar-refractivity contribution in [2.75, 3.05) is 20.6 Å². The maximum absolute atomic E-state index is 4.41.